The summed E-state index contributed by atoms with van der Waals surface area (Å²) in [5, 5.41) is 36.7. The van der Waals surface area contributed by atoms with E-state index in [4.69, 9.17) is 4.42 Å². The van der Waals surface area contributed by atoms with Crippen LogP contribution in [0.3, 0.4) is 0 Å². The minimum Gasteiger partial charge on any atom is -0.422 e. The third-order valence-corrected chi connectivity index (χ3v) is 8.53. The number of hydrogen-bond donors (Lipinski definition) is 3. The SMILES string of the molecule is CC(O)(CO)c1nnc(C[C@@H]2CCc3cc(C(O)(C(F)(F)F)C(F)(F)F)ccc3N2S(=O)(=O)c2ccc(F)cc2)o1. The molecule has 3 aromatic rings. The van der Waals surface area contributed by atoms with Gasteiger partial charge in [-0.25, -0.2) is 12.8 Å². The van der Waals surface area contributed by atoms with Gasteiger partial charge in [-0.2, -0.15) is 26.3 Å². The molecule has 2 aromatic carbocycles. The van der Waals surface area contributed by atoms with Crippen molar-refractivity contribution in [1.29, 1.82) is 0 Å². The van der Waals surface area contributed by atoms with Crippen LogP contribution < -0.4 is 4.31 Å². The molecule has 224 valence electrons. The molecule has 1 aliphatic heterocycles. The summed E-state index contributed by atoms with van der Waals surface area (Å²) in [5.41, 5.74) is -9.24. The Hall–Kier alpha value is -3.28. The number of rotatable bonds is 7. The van der Waals surface area contributed by atoms with Crippen molar-refractivity contribution in [2.45, 2.75) is 60.7 Å². The van der Waals surface area contributed by atoms with Crippen LogP contribution in [0.25, 0.3) is 0 Å². The molecule has 0 saturated carbocycles. The van der Waals surface area contributed by atoms with Crippen LogP contribution >= 0.6 is 0 Å². The average molecular weight is 614 g/mol. The molecule has 9 nitrogen and oxygen atoms in total. The summed E-state index contributed by atoms with van der Waals surface area (Å²) in [7, 11) is -4.61. The van der Waals surface area contributed by atoms with E-state index in [1.165, 1.54) is 6.92 Å². The highest BCUT2D eigenvalue weighted by Crippen LogP contribution is 2.51. The monoisotopic (exact) mass is 613 g/mol. The van der Waals surface area contributed by atoms with Crippen molar-refractivity contribution in [3.8, 4) is 0 Å². The number of alkyl halides is 6. The average Bonchev–Trinajstić information content (AvgIpc) is 3.36. The molecule has 1 unspecified atom stereocenters. The standard InChI is InChI=1S/C24H22F7N3O6S/c1-21(36,12-35)20-33-32-19(40-20)11-16-6-2-13-10-14(22(37,23(26,27)28)24(29,30)31)3-9-18(13)34(16)41(38,39)17-7-4-15(25)5-8-17/h3-5,7-10,16,35-37H,2,6,11-12H2,1H3/t16-,21?/m0/s1. The van der Waals surface area contributed by atoms with Gasteiger partial charge in [-0.15, -0.1) is 10.2 Å². The molecule has 0 bridgehead atoms. The normalized spacial score (nSPS) is 18.2. The van der Waals surface area contributed by atoms with Crippen LogP contribution in [0.1, 0.15) is 36.3 Å². The first-order valence-electron chi connectivity index (χ1n) is 11.8. The first-order chi connectivity index (χ1) is 18.8. The number of aliphatic hydroxyl groups is 3. The zero-order valence-electron chi connectivity index (χ0n) is 20.9. The number of benzene rings is 2. The van der Waals surface area contributed by atoms with Gasteiger partial charge < -0.3 is 19.7 Å². The molecule has 0 saturated heterocycles. The van der Waals surface area contributed by atoms with E-state index in [1.54, 1.807) is 0 Å². The Morgan fingerprint density at radius 1 is 1.00 bits per heavy atom. The molecule has 1 aliphatic rings. The van der Waals surface area contributed by atoms with Crippen molar-refractivity contribution in [3.63, 3.8) is 0 Å². The molecule has 41 heavy (non-hydrogen) atoms. The van der Waals surface area contributed by atoms with Crippen LogP contribution in [0.4, 0.5) is 36.4 Å². The third-order valence-electron chi connectivity index (χ3n) is 6.65. The second kappa shape index (κ2) is 10.2. The largest absolute Gasteiger partial charge is 0.430 e. The van der Waals surface area contributed by atoms with E-state index in [9.17, 15) is 54.5 Å². The zero-order valence-corrected chi connectivity index (χ0v) is 21.7. The second-order valence-electron chi connectivity index (χ2n) is 9.63. The van der Waals surface area contributed by atoms with E-state index in [2.05, 4.69) is 10.2 Å². The summed E-state index contributed by atoms with van der Waals surface area (Å²) < 4.78 is 128. The first-order valence-corrected chi connectivity index (χ1v) is 13.2. The molecule has 0 spiro atoms. The van der Waals surface area contributed by atoms with Gasteiger partial charge in [-0.3, -0.25) is 4.31 Å². The number of halogens is 7. The molecule has 0 aliphatic carbocycles. The molecular formula is C24H22F7N3O6S. The number of aryl methyl sites for hydroxylation is 1. The Balaban J connectivity index is 1.83. The van der Waals surface area contributed by atoms with Crippen molar-refractivity contribution >= 4 is 15.7 Å². The molecule has 1 aromatic heterocycles. The molecule has 17 heteroatoms. The minimum absolute atomic E-state index is 0.165. The van der Waals surface area contributed by atoms with Crippen molar-refractivity contribution < 1.29 is 58.9 Å². The molecule has 0 radical (unpaired) electrons. The fourth-order valence-corrected chi connectivity index (χ4v) is 6.12. The van der Waals surface area contributed by atoms with Gasteiger partial charge in [-0.1, -0.05) is 12.1 Å². The molecular weight excluding hydrogens is 591 g/mol. The lowest BCUT2D eigenvalue weighted by molar-refractivity contribution is -0.376. The lowest BCUT2D eigenvalue weighted by Crippen LogP contribution is -2.54. The molecule has 2 heterocycles. The van der Waals surface area contributed by atoms with Gasteiger partial charge in [0.1, 0.15) is 5.82 Å². The zero-order chi connectivity index (χ0) is 30.6. The van der Waals surface area contributed by atoms with Crippen LogP contribution in [0.15, 0.2) is 51.8 Å². The maximum absolute atomic E-state index is 13.7. The highest BCUT2D eigenvalue weighted by atomic mass is 32.2. The Kier molecular flexibility index (Phi) is 7.64. The number of aromatic nitrogens is 2. The van der Waals surface area contributed by atoms with Gasteiger partial charge >= 0.3 is 12.4 Å². The molecule has 2 atom stereocenters. The molecule has 4 rings (SSSR count). The lowest BCUT2D eigenvalue weighted by Gasteiger charge is -2.39. The summed E-state index contributed by atoms with van der Waals surface area (Å²) in [6.45, 7) is 0.383. The summed E-state index contributed by atoms with van der Waals surface area (Å²) in [6, 6.07) is 3.98. The number of sulfonamides is 1. The van der Waals surface area contributed by atoms with E-state index < -0.39 is 62.5 Å². The lowest BCUT2D eigenvalue weighted by atomic mass is 9.87. The van der Waals surface area contributed by atoms with Crippen molar-refractivity contribution in [2.75, 3.05) is 10.9 Å². The number of anilines is 1. The van der Waals surface area contributed by atoms with E-state index in [0.717, 1.165) is 34.6 Å². The number of aliphatic hydroxyl groups excluding tert-OH is 1. The van der Waals surface area contributed by atoms with E-state index in [-0.39, 0.29) is 42.3 Å². The summed E-state index contributed by atoms with van der Waals surface area (Å²) in [6.07, 6.45) is -13.0. The third kappa shape index (κ3) is 5.38. The van der Waals surface area contributed by atoms with Crippen LogP contribution in [0.5, 0.6) is 0 Å². The number of fused-ring (bicyclic) bond motifs is 1. The summed E-state index contributed by atoms with van der Waals surface area (Å²) in [5.74, 6) is -1.35. The van der Waals surface area contributed by atoms with Crippen molar-refractivity contribution in [2.24, 2.45) is 0 Å². The predicted molar refractivity (Wildman–Crippen MR) is 125 cm³/mol. The van der Waals surface area contributed by atoms with Crippen molar-refractivity contribution in [3.05, 3.63) is 71.2 Å². The Morgan fingerprint density at radius 2 is 1.61 bits per heavy atom. The first kappa shape index (κ1) is 30.7. The van der Waals surface area contributed by atoms with Gasteiger partial charge in [0.2, 0.25) is 11.8 Å². The second-order valence-corrected chi connectivity index (χ2v) is 11.4. The fourth-order valence-electron chi connectivity index (χ4n) is 4.40. The maximum Gasteiger partial charge on any atom is 0.430 e. The Labute approximate surface area is 227 Å². The highest BCUT2D eigenvalue weighted by Gasteiger charge is 2.71. The van der Waals surface area contributed by atoms with Gasteiger partial charge in [-0.05, 0) is 55.7 Å². The number of hydrogen-bond acceptors (Lipinski definition) is 8. The fraction of sp³-hybridized carbons (Fsp3) is 0.417. The minimum atomic E-state index is -6.15. The molecule has 0 amide bonds. The van der Waals surface area contributed by atoms with Gasteiger partial charge in [0.25, 0.3) is 15.6 Å². The van der Waals surface area contributed by atoms with Crippen LogP contribution in [-0.2, 0) is 34.1 Å². The van der Waals surface area contributed by atoms with E-state index in [1.807, 2.05) is 0 Å². The van der Waals surface area contributed by atoms with Gasteiger partial charge in [0.15, 0.2) is 5.60 Å². The van der Waals surface area contributed by atoms with E-state index >= 15 is 0 Å². The molecule has 3 N–H and O–H groups in total. The summed E-state index contributed by atoms with van der Waals surface area (Å²) >= 11 is 0. The van der Waals surface area contributed by atoms with E-state index in [0.29, 0.717) is 12.1 Å². The highest BCUT2D eigenvalue weighted by molar-refractivity contribution is 7.92. The van der Waals surface area contributed by atoms with Crippen LogP contribution in [0.2, 0.25) is 0 Å². The maximum atomic E-state index is 13.7. The predicted octanol–water partition coefficient (Wildman–Crippen LogP) is 3.47. The number of nitrogens with zero attached hydrogens (tertiary/aromatic N) is 3. The smallest absolute Gasteiger partial charge is 0.422 e. The Morgan fingerprint density at radius 3 is 2.17 bits per heavy atom. The topological polar surface area (TPSA) is 137 Å². The van der Waals surface area contributed by atoms with Crippen LogP contribution in [0, 0.1) is 5.82 Å². The quantitative estimate of drug-likeness (QED) is 0.345. The molecule has 0 fully saturated rings. The Bertz CT molecular complexity index is 1510. The summed E-state index contributed by atoms with van der Waals surface area (Å²) in [4.78, 5) is -0.433. The van der Waals surface area contributed by atoms with Crippen molar-refractivity contribution in [1.82, 2.24) is 10.2 Å². The van der Waals surface area contributed by atoms with Gasteiger partial charge in [0, 0.05) is 12.0 Å². The van der Waals surface area contributed by atoms with Crippen LogP contribution in [-0.4, -0.2) is 58.9 Å². The van der Waals surface area contributed by atoms with Gasteiger partial charge in [0.05, 0.1) is 23.2 Å².